The number of aliphatic hydroxyl groups excluding tert-OH is 1. The number of alkyl halides is 9. The SMILES string of the molecule is CN1Cc2c(C3CCC(O)CC3)ccc(Nc3nc(Nc4ccc(CP(OCC(F)(F)F)OCC(F)(F)F)cc4)ncc3C(F)(F)F)c2C1=O. The maximum Gasteiger partial charge on any atom is 0.421 e. The average molecular weight is 740 g/mol. The number of carbonyl (C=O) groups excluding carboxylic acids is 1. The fraction of sp³-hybridized carbons (Fsp3) is 0.452. The van der Waals surface area contributed by atoms with Crippen LogP contribution in [0.2, 0.25) is 0 Å². The molecule has 1 saturated carbocycles. The molecule has 1 fully saturated rings. The van der Waals surface area contributed by atoms with Gasteiger partial charge in [-0.1, -0.05) is 18.2 Å². The van der Waals surface area contributed by atoms with E-state index in [1.807, 2.05) is 0 Å². The van der Waals surface area contributed by atoms with E-state index in [0.29, 0.717) is 37.4 Å². The molecule has 0 unspecified atom stereocenters. The van der Waals surface area contributed by atoms with Gasteiger partial charge in [-0.3, -0.25) is 4.79 Å². The smallest absolute Gasteiger partial charge is 0.393 e. The van der Waals surface area contributed by atoms with Crippen LogP contribution in [0.25, 0.3) is 0 Å². The van der Waals surface area contributed by atoms with Crippen LogP contribution in [0.15, 0.2) is 42.6 Å². The first-order valence-electron chi connectivity index (χ1n) is 15.2. The highest BCUT2D eigenvalue weighted by Crippen LogP contribution is 2.45. The molecule has 1 amide bonds. The number of amides is 1. The van der Waals surface area contributed by atoms with Crippen LogP contribution in [0.5, 0.6) is 0 Å². The van der Waals surface area contributed by atoms with Crippen LogP contribution < -0.4 is 10.6 Å². The molecule has 0 atom stereocenters. The number of rotatable bonds is 11. The molecule has 0 saturated heterocycles. The normalized spacial score (nSPS) is 18.5. The maximum atomic E-state index is 14.1. The van der Waals surface area contributed by atoms with E-state index in [-0.39, 0.29) is 46.8 Å². The van der Waals surface area contributed by atoms with Crippen LogP contribution in [0.1, 0.15) is 64.2 Å². The number of carbonyl (C=O) groups is 1. The van der Waals surface area contributed by atoms with Crippen molar-refractivity contribution < 1.29 is 58.5 Å². The second-order valence-electron chi connectivity index (χ2n) is 11.9. The van der Waals surface area contributed by atoms with Crippen molar-refractivity contribution in [1.82, 2.24) is 14.9 Å². The summed E-state index contributed by atoms with van der Waals surface area (Å²) in [4.78, 5) is 22.5. The van der Waals surface area contributed by atoms with Crippen molar-refractivity contribution in [2.45, 2.75) is 68.9 Å². The number of anilines is 4. The molecule has 5 rings (SSSR count). The zero-order chi connectivity index (χ0) is 36.4. The number of hydrogen-bond acceptors (Lipinski definition) is 8. The Balaban J connectivity index is 1.36. The Labute approximate surface area is 281 Å². The Morgan fingerprint density at radius 1 is 0.900 bits per heavy atom. The standard InChI is InChI=1S/C31H31F9N5O4P/c1-45-13-22-21(18-4-8-20(46)9-5-18)10-11-24(25(22)27(45)47)43-26-23(31(38,39)40)12-41-28(44-26)42-19-6-2-17(3-7-19)14-50(48-15-29(32,33)34)49-16-30(35,36)37/h2-3,6-7,10-12,18,20,46H,4-5,8-9,13-16H2,1H3,(H2,41,42,43,44). The summed E-state index contributed by atoms with van der Waals surface area (Å²) in [6, 6.07) is 8.77. The monoisotopic (exact) mass is 739 g/mol. The Morgan fingerprint density at radius 3 is 2.10 bits per heavy atom. The van der Waals surface area contributed by atoms with Gasteiger partial charge in [-0.15, -0.1) is 0 Å². The topological polar surface area (TPSA) is 109 Å². The minimum absolute atomic E-state index is 0.0827. The third kappa shape index (κ3) is 9.74. The van der Waals surface area contributed by atoms with E-state index >= 15 is 0 Å². The predicted octanol–water partition coefficient (Wildman–Crippen LogP) is 8.56. The van der Waals surface area contributed by atoms with Crippen molar-refractivity contribution in [3.63, 3.8) is 0 Å². The van der Waals surface area contributed by atoms with Crippen LogP contribution in [0, 0.1) is 0 Å². The van der Waals surface area contributed by atoms with Crippen molar-refractivity contribution in [3.8, 4) is 0 Å². The third-order valence-corrected chi connectivity index (χ3v) is 9.51. The first-order chi connectivity index (χ1) is 23.4. The zero-order valence-corrected chi connectivity index (χ0v) is 27.1. The maximum absolute atomic E-state index is 14.1. The lowest BCUT2D eigenvalue weighted by molar-refractivity contribution is -0.162. The summed E-state index contributed by atoms with van der Waals surface area (Å²) >= 11 is 0. The molecule has 1 aromatic heterocycles. The summed E-state index contributed by atoms with van der Waals surface area (Å²) in [7, 11) is -1.03. The minimum atomic E-state index is -4.88. The van der Waals surface area contributed by atoms with Gasteiger partial charge in [-0.25, -0.2) is 4.98 Å². The van der Waals surface area contributed by atoms with Gasteiger partial charge < -0.3 is 29.7 Å². The van der Waals surface area contributed by atoms with Crippen molar-refractivity contribution >= 4 is 37.4 Å². The lowest BCUT2D eigenvalue weighted by Crippen LogP contribution is -2.19. The van der Waals surface area contributed by atoms with E-state index in [9.17, 15) is 49.4 Å². The van der Waals surface area contributed by atoms with Crippen LogP contribution in [-0.4, -0.2) is 64.6 Å². The molecule has 2 aromatic carbocycles. The van der Waals surface area contributed by atoms with Gasteiger partial charge in [0.05, 0.1) is 17.4 Å². The summed E-state index contributed by atoms with van der Waals surface area (Å²) in [5.74, 6) is -1.22. The van der Waals surface area contributed by atoms with Crippen LogP contribution in [0.4, 0.5) is 62.7 Å². The molecule has 3 N–H and O–H groups in total. The summed E-state index contributed by atoms with van der Waals surface area (Å²) in [5, 5.41) is 15.3. The predicted molar refractivity (Wildman–Crippen MR) is 164 cm³/mol. The van der Waals surface area contributed by atoms with E-state index in [1.54, 1.807) is 13.1 Å². The van der Waals surface area contributed by atoms with E-state index in [2.05, 4.69) is 29.6 Å². The summed E-state index contributed by atoms with van der Waals surface area (Å²) in [6.07, 6.45) is -12.1. The first kappa shape index (κ1) is 37.5. The molecule has 2 heterocycles. The van der Waals surface area contributed by atoms with Gasteiger partial charge in [-0.2, -0.15) is 44.5 Å². The largest absolute Gasteiger partial charge is 0.421 e. The highest BCUT2D eigenvalue weighted by atomic mass is 31.2. The van der Waals surface area contributed by atoms with Crippen molar-refractivity contribution in [1.29, 1.82) is 0 Å². The number of hydrogen-bond donors (Lipinski definition) is 3. The molecule has 19 heteroatoms. The van der Waals surface area contributed by atoms with Crippen LogP contribution in [0.3, 0.4) is 0 Å². The van der Waals surface area contributed by atoms with Crippen molar-refractivity contribution in [2.24, 2.45) is 0 Å². The highest BCUT2D eigenvalue weighted by molar-refractivity contribution is 7.46. The van der Waals surface area contributed by atoms with Gasteiger partial charge in [-0.05, 0) is 66.5 Å². The molecule has 50 heavy (non-hydrogen) atoms. The molecule has 3 aromatic rings. The van der Waals surface area contributed by atoms with E-state index < -0.39 is 63.8 Å². The zero-order valence-electron chi connectivity index (χ0n) is 26.2. The van der Waals surface area contributed by atoms with Gasteiger partial charge in [0, 0.05) is 31.6 Å². The van der Waals surface area contributed by atoms with Gasteiger partial charge in [0.2, 0.25) is 5.95 Å². The Hall–Kier alpha value is -3.73. The molecule has 0 bridgehead atoms. The van der Waals surface area contributed by atoms with Gasteiger partial charge in [0.15, 0.2) is 8.38 Å². The number of nitrogens with one attached hydrogen (secondary N) is 2. The van der Waals surface area contributed by atoms with Crippen LogP contribution >= 0.6 is 8.38 Å². The number of aliphatic hydroxyl groups is 1. The Bertz CT molecular complexity index is 1650. The second kappa shape index (κ2) is 14.9. The average Bonchev–Trinajstić information content (AvgIpc) is 3.32. The van der Waals surface area contributed by atoms with Crippen molar-refractivity contribution in [2.75, 3.05) is 30.9 Å². The molecule has 9 nitrogen and oxygen atoms in total. The first-order valence-corrected chi connectivity index (χ1v) is 16.6. The Kier molecular flexibility index (Phi) is 11.2. The lowest BCUT2D eigenvalue weighted by atomic mass is 9.80. The van der Waals surface area contributed by atoms with Gasteiger partial charge in [0.25, 0.3) is 5.91 Å². The lowest BCUT2D eigenvalue weighted by Gasteiger charge is -2.27. The molecular formula is C31H31F9N5O4P. The quantitative estimate of drug-likeness (QED) is 0.133. The number of halogens is 9. The van der Waals surface area contributed by atoms with E-state index in [4.69, 9.17) is 0 Å². The summed E-state index contributed by atoms with van der Waals surface area (Å²) in [6.45, 7) is -3.34. The molecule has 272 valence electrons. The third-order valence-electron chi connectivity index (χ3n) is 8.05. The van der Waals surface area contributed by atoms with Crippen LogP contribution in [-0.2, 0) is 27.9 Å². The number of nitrogens with zero attached hydrogens (tertiary/aromatic N) is 3. The molecule has 1 aliphatic heterocycles. The number of aromatic nitrogens is 2. The van der Waals surface area contributed by atoms with E-state index in [1.165, 1.54) is 35.2 Å². The highest BCUT2D eigenvalue weighted by Gasteiger charge is 2.38. The molecular weight excluding hydrogens is 708 g/mol. The molecule has 0 radical (unpaired) electrons. The fourth-order valence-electron chi connectivity index (χ4n) is 5.71. The fourth-order valence-corrected chi connectivity index (χ4v) is 7.06. The minimum Gasteiger partial charge on any atom is -0.393 e. The second-order valence-corrected chi connectivity index (χ2v) is 13.4. The van der Waals surface area contributed by atoms with Crippen molar-refractivity contribution in [3.05, 3.63) is 70.4 Å². The Morgan fingerprint density at radius 2 is 1.52 bits per heavy atom. The van der Waals surface area contributed by atoms with E-state index in [0.717, 1.165) is 5.56 Å². The van der Waals surface area contributed by atoms with Gasteiger partial charge in [0.1, 0.15) is 24.6 Å². The molecule has 0 spiro atoms. The van der Waals surface area contributed by atoms with Gasteiger partial charge >= 0.3 is 18.5 Å². The summed E-state index contributed by atoms with van der Waals surface area (Å²) < 4.78 is 127. The molecule has 1 aliphatic carbocycles. The molecule has 2 aliphatic rings. The summed E-state index contributed by atoms with van der Waals surface area (Å²) in [5.41, 5.74) is 1.24. The number of benzene rings is 2. The number of fused-ring (bicyclic) bond motifs is 1.